The summed E-state index contributed by atoms with van der Waals surface area (Å²) < 4.78 is 4.62. The van der Waals surface area contributed by atoms with E-state index < -0.39 is 6.04 Å². The maximum atomic E-state index is 11.2. The Kier molecular flexibility index (Phi) is 2.76. The summed E-state index contributed by atoms with van der Waals surface area (Å²) in [5, 5.41) is 2.94. The number of aromatic amines is 1. The SMILES string of the molecule is COC(=O)[C@H](C)Nc1nc2ccccc2[nH]1. The van der Waals surface area contributed by atoms with E-state index in [9.17, 15) is 4.79 Å². The first-order valence-corrected chi connectivity index (χ1v) is 5.00. The zero-order chi connectivity index (χ0) is 11.5. The van der Waals surface area contributed by atoms with Gasteiger partial charge in [-0.05, 0) is 19.1 Å². The van der Waals surface area contributed by atoms with E-state index in [-0.39, 0.29) is 5.97 Å². The van der Waals surface area contributed by atoms with Gasteiger partial charge in [-0.3, -0.25) is 0 Å². The van der Waals surface area contributed by atoms with Gasteiger partial charge in [-0.1, -0.05) is 12.1 Å². The van der Waals surface area contributed by atoms with Crippen molar-refractivity contribution in [3.05, 3.63) is 24.3 Å². The maximum absolute atomic E-state index is 11.2. The van der Waals surface area contributed by atoms with Crippen molar-refractivity contribution in [3.8, 4) is 0 Å². The summed E-state index contributed by atoms with van der Waals surface area (Å²) in [7, 11) is 1.36. The molecule has 1 aromatic heterocycles. The number of fused-ring (bicyclic) bond motifs is 1. The monoisotopic (exact) mass is 219 g/mol. The summed E-state index contributed by atoms with van der Waals surface area (Å²) in [6.45, 7) is 1.72. The van der Waals surface area contributed by atoms with Gasteiger partial charge in [-0.15, -0.1) is 0 Å². The van der Waals surface area contributed by atoms with E-state index in [1.165, 1.54) is 7.11 Å². The van der Waals surface area contributed by atoms with Gasteiger partial charge in [-0.2, -0.15) is 0 Å². The number of methoxy groups -OCH3 is 1. The van der Waals surface area contributed by atoms with Crippen LogP contribution in [0.1, 0.15) is 6.92 Å². The molecule has 2 aromatic rings. The van der Waals surface area contributed by atoms with Crippen molar-refractivity contribution in [1.29, 1.82) is 0 Å². The third kappa shape index (κ3) is 1.98. The molecule has 0 bridgehead atoms. The van der Waals surface area contributed by atoms with Crippen molar-refractivity contribution in [2.45, 2.75) is 13.0 Å². The molecule has 0 aliphatic carbocycles. The highest BCUT2D eigenvalue weighted by molar-refractivity contribution is 5.80. The number of nitrogens with one attached hydrogen (secondary N) is 2. The number of hydrogen-bond acceptors (Lipinski definition) is 4. The van der Waals surface area contributed by atoms with Gasteiger partial charge in [0.05, 0.1) is 18.1 Å². The second-order valence-electron chi connectivity index (χ2n) is 3.49. The van der Waals surface area contributed by atoms with E-state index in [1.54, 1.807) is 6.92 Å². The van der Waals surface area contributed by atoms with E-state index in [0.717, 1.165) is 11.0 Å². The summed E-state index contributed by atoms with van der Waals surface area (Å²) >= 11 is 0. The van der Waals surface area contributed by atoms with Gasteiger partial charge >= 0.3 is 5.97 Å². The second-order valence-corrected chi connectivity index (χ2v) is 3.49. The number of nitrogens with zero attached hydrogens (tertiary/aromatic N) is 1. The number of carbonyl (C=O) groups excluding carboxylic acids is 1. The first-order valence-electron chi connectivity index (χ1n) is 5.00. The predicted octanol–water partition coefficient (Wildman–Crippen LogP) is 1.54. The molecule has 0 spiro atoms. The highest BCUT2D eigenvalue weighted by Gasteiger charge is 2.14. The Bertz CT molecular complexity index is 474. The molecule has 2 rings (SSSR count). The lowest BCUT2D eigenvalue weighted by Crippen LogP contribution is -2.27. The van der Waals surface area contributed by atoms with Crippen LogP contribution in [0.3, 0.4) is 0 Å². The number of rotatable bonds is 3. The maximum Gasteiger partial charge on any atom is 0.328 e. The minimum atomic E-state index is -0.425. The molecular weight excluding hydrogens is 206 g/mol. The van der Waals surface area contributed by atoms with Gasteiger partial charge in [0.15, 0.2) is 0 Å². The lowest BCUT2D eigenvalue weighted by Gasteiger charge is -2.09. The molecule has 0 saturated carbocycles. The van der Waals surface area contributed by atoms with Crippen molar-refractivity contribution in [1.82, 2.24) is 9.97 Å². The molecule has 16 heavy (non-hydrogen) atoms. The molecule has 0 aliphatic rings. The van der Waals surface area contributed by atoms with Crippen LogP contribution in [0.25, 0.3) is 11.0 Å². The van der Waals surface area contributed by atoms with Crippen LogP contribution in [-0.2, 0) is 9.53 Å². The molecule has 0 aliphatic heterocycles. The zero-order valence-electron chi connectivity index (χ0n) is 9.15. The molecule has 1 heterocycles. The summed E-state index contributed by atoms with van der Waals surface area (Å²) in [4.78, 5) is 18.6. The van der Waals surface area contributed by atoms with Crippen molar-refractivity contribution < 1.29 is 9.53 Å². The van der Waals surface area contributed by atoms with Gasteiger partial charge in [0.25, 0.3) is 0 Å². The first-order chi connectivity index (χ1) is 7.70. The number of hydrogen-bond donors (Lipinski definition) is 2. The Morgan fingerprint density at radius 2 is 2.25 bits per heavy atom. The van der Waals surface area contributed by atoms with Crippen LogP contribution in [0, 0.1) is 0 Å². The Balaban J connectivity index is 2.18. The molecule has 0 radical (unpaired) electrons. The Labute approximate surface area is 92.8 Å². The predicted molar refractivity (Wildman–Crippen MR) is 61.2 cm³/mol. The summed E-state index contributed by atoms with van der Waals surface area (Å²) in [6, 6.07) is 7.24. The van der Waals surface area contributed by atoms with Crippen LogP contribution >= 0.6 is 0 Å². The minimum absolute atomic E-state index is 0.319. The topological polar surface area (TPSA) is 67.0 Å². The van der Waals surface area contributed by atoms with Crippen molar-refractivity contribution >= 4 is 23.0 Å². The molecule has 5 nitrogen and oxygen atoms in total. The van der Waals surface area contributed by atoms with Crippen LogP contribution < -0.4 is 5.32 Å². The van der Waals surface area contributed by atoms with E-state index >= 15 is 0 Å². The average molecular weight is 219 g/mol. The fourth-order valence-electron chi connectivity index (χ4n) is 1.46. The molecule has 0 unspecified atom stereocenters. The van der Waals surface area contributed by atoms with E-state index in [4.69, 9.17) is 0 Å². The summed E-state index contributed by atoms with van der Waals surface area (Å²) in [6.07, 6.45) is 0. The van der Waals surface area contributed by atoms with Crippen molar-refractivity contribution in [3.63, 3.8) is 0 Å². The van der Waals surface area contributed by atoms with Gasteiger partial charge in [-0.25, -0.2) is 9.78 Å². The molecule has 1 aromatic carbocycles. The first kappa shape index (κ1) is 10.5. The molecule has 0 saturated heterocycles. The minimum Gasteiger partial charge on any atom is -0.467 e. The molecular formula is C11H13N3O2. The number of anilines is 1. The smallest absolute Gasteiger partial charge is 0.328 e. The number of ether oxygens (including phenoxy) is 1. The third-order valence-electron chi connectivity index (χ3n) is 2.30. The van der Waals surface area contributed by atoms with Gasteiger partial charge in [0, 0.05) is 0 Å². The number of esters is 1. The van der Waals surface area contributed by atoms with Crippen molar-refractivity contribution in [2.24, 2.45) is 0 Å². The highest BCUT2D eigenvalue weighted by atomic mass is 16.5. The Hall–Kier alpha value is -2.04. The fourth-order valence-corrected chi connectivity index (χ4v) is 1.46. The second kappa shape index (κ2) is 4.22. The quantitative estimate of drug-likeness (QED) is 0.768. The van der Waals surface area contributed by atoms with E-state index in [0.29, 0.717) is 5.95 Å². The summed E-state index contributed by atoms with van der Waals surface area (Å²) in [5.74, 6) is 0.250. The molecule has 0 fully saturated rings. The van der Waals surface area contributed by atoms with Crippen LogP contribution in [-0.4, -0.2) is 29.1 Å². The molecule has 0 amide bonds. The fraction of sp³-hybridized carbons (Fsp3) is 0.273. The lowest BCUT2D eigenvalue weighted by atomic mass is 10.3. The Morgan fingerprint density at radius 1 is 1.50 bits per heavy atom. The number of H-pyrrole nitrogens is 1. The molecule has 1 atom stereocenters. The normalized spacial score (nSPS) is 12.4. The van der Waals surface area contributed by atoms with Crippen LogP contribution in [0.4, 0.5) is 5.95 Å². The largest absolute Gasteiger partial charge is 0.467 e. The number of aromatic nitrogens is 2. The van der Waals surface area contributed by atoms with Gasteiger partial charge in [0.1, 0.15) is 6.04 Å². The van der Waals surface area contributed by atoms with Gasteiger partial charge < -0.3 is 15.0 Å². The van der Waals surface area contributed by atoms with E-state index in [1.807, 2.05) is 24.3 Å². The van der Waals surface area contributed by atoms with Crippen molar-refractivity contribution in [2.75, 3.05) is 12.4 Å². The molecule has 84 valence electrons. The lowest BCUT2D eigenvalue weighted by molar-refractivity contribution is -0.141. The van der Waals surface area contributed by atoms with Gasteiger partial charge in [0.2, 0.25) is 5.95 Å². The van der Waals surface area contributed by atoms with Crippen LogP contribution in [0.15, 0.2) is 24.3 Å². The highest BCUT2D eigenvalue weighted by Crippen LogP contribution is 2.13. The standard InChI is InChI=1S/C11H13N3O2/c1-7(10(15)16-2)12-11-13-8-5-3-4-6-9(8)14-11/h3-7H,1-2H3,(H2,12,13,14)/t7-/m0/s1. The average Bonchev–Trinajstić information content (AvgIpc) is 2.69. The number of imidazole rings is 1. The molecule has 2 N–H and O–H groups in total. The number of benzene rings is 1. The number of para-hydroxylation sites is 2. The summed E-state index contributed by atoms with van der Waals surface area (Å²) in [5.41, 5.74) is 1.80. The Morgan fingerprint density at radius 3 is 2.94 bits per heavy atom. The van der Waals surface area contributed by atoms with Crippen LogP contribution in [0.5, 0.6) is 0 Å². The number of carbonyl (C=O) groups is 1. The van der Waals surface area contributed by atoms with Crippen LogP contribution in [0.2, 0.25) is 0 Å². The molecule has 5 heteroatoms. The third-order valence-corrected chi connectivity index (χ3v) is 2.30. The zero-order valence-corrected chi connectivity index (χ0v) is 9.15. The van der Waals surface area contributed by atoms with E-state index in [2.05, 4.69) is 20.0 Å².